The molecule has 1 amide bonds. The van der Waals surface area contributed by atoms with Crippen LogP contribution in [0.1, 0.15) is 42.6 Å². The summed E-state index contributed by atoms with van der Waals surface area (Å²) < 4.78 is 14.6. The van der Waals surface area contributed by atoms with Crippen LogP contribution in [0, 0.1) is 22.6 Å². The van der Waals surface area contributed by atoms with Gasteiger partial charge in [-0.15, -0.1) is 0 Å². The average Bonchev–Trinajstić information content (AvgIpc) is 3.03. The van der Waals surface area contributed by atoms with Gasteiger partial charge in [-0.05, 0) is 50.5 Å². The summed E-state index contributed by atoms with van der Waals surface area (Å²) in [5.74, 6) is -0.822. The van der Waals surface area contributed by atoms with Gasteiger partial charge >= 0.3 is 0 Å². The number of anilines is 2. The van der Waals surface area contributed by atoms with E-state index in [0.717, 1.165) is 0 Å². The SMILES string of the molecule is CC1(C#N)CCC(O)CC1n1cc(C(N)=O)c(Nc2ccc(F)cc2)n1. The Morgan fingerprint density at radius 1 is 1.50 bits per heavy atom. The average molecular weight is 357 g/mol. The largest absolute Gasteiger partial charge is 0.393 e. The fourth-order valence-electron chi connectivity index (χ4n) is 3.29. The molecule has 8 heteroatoms. The Balaban J connectivity index is 1.97. The second kappa shape index (κ2) is 6.77. The number of nitrogens with one attached hydrogen (secondary N) is 1. The fraction of sp³-hybridized carbons (Fsp3) is 0.389. The number of aliphatic hydroxyl groups is 1. The summed E-state index contributed by atoms with van der Waals surface area (Å²) in [6, 6.07) is 7.53. The number of carbonyl (C=O) groups excluding carboxylic acids is 1. The molecule has 0 saturated heterocycles. The van der Waals surface area contributed by atoms with E-state index in [2.05, 4.69) is 16.5 Å². The lowest BCUT2D eigenvalue weighted by Crippen LogP contribution is -2.37. The third-order valence-corrected chi connectivity index (χ3v) is 4.91. The van der Waals surface area contributed by atoms with Gasteiger partial charge in [0.2, 0.25) is 0 Å². The van der Waals surface area contributed by atoms with Crippen LogP contribution < -0.4 is 11.1 Å². The van der Waals surface area contributed by atoms with Crippen LogP contribution in [0.25, 0.3) is 0 Å². The quantitative estimate of drug-likeness (QED) is 0.777. The number of nitrogens with two attached hydrogens (primary N) is 1. The monoisotopic (exact) mass is 357 g/mol. The van der Waals surface area contributed by atoms with Crippen molar-refractivity contribution in [2.45, 2.75) is 38.3 Å². The molecular weight excluding hydrogens is 337 g/mol. The molecule has 3 atom stereocenters. The van der Waals surface area contributed by atoms with Gasteiger partial charge in [-0.2, -0.15) is 10.4 Å². The molecule has 1 aliphatic carbocycles. The number of primary amides is 1. The van der Waals surface area contributed by atoms with Crippen LogP contribution >= 0.6 is 0 Å². The molecule has 0 radical (unpaired) electrons. The van der Waals surface area contributed by atoms with Crippen LogP contribution in [0.5, 0.6) is 0 Å². The number of aliphatic hydroxyl groups excluding tert-OH is 1. The fourth-order valence-corrected chi connectivity index (χ4v) is 3.29. The van der Waals surface area contributed by atoms with Crippen molar-refractivity contribution in [2.75, 3.05) is 5.32 Å². The maximum atomic E-state index is 13.1. The molecule has 1 aromatic carbocycles. The van der Waals surface area contributed by atoms with Crippen molar-refractivity contribution < 1.29 is 14.3 Å². The van der Waals surface area contributed by atoms with E-state index in [-0.39, 0.29) is 17.2 Å². The Morgan fingerprint density at radius 2 is 2.19 bits per heavy atom. The van der Waals surface area contributed by atoms with E-state index in [1.807, 2.05) is 6.92 Å². The highest BCUT2D eigenvalue weighted by Crippen LogP contribution is 2.44. The van der Waals surface area contributed by atoms with Gasteiger partial charge in [0.25, 0.3) is 5.91 Å². The lowest BCUT2D eigenvalue weighted by atomic mass is 9.72. The van der Waals surface area contributed by atoms with E-state index in [0.29, 0.717) is 24.9 Å². The summed E-state index contributed by atoms with van der Waals surface area (Å²) in [5.41, 5.74) is 5.45. The minimum Gasteiger partial charge on any atom is -0.393 e. The molecule has 3 rings (SSSR count). The van der Waals surface area contributed by atoms with Gasteiger partial charge < -0.3 is 16.2 Å². The zero-order chi connectivity index (χ0) is 18.9. The second-order valence-electron chi connectivity index (χ2n) is 6.84. The van der Waals surface area contributed by atoms with E-state index in [1.165, 1.54) is 35.1 Å². The van der Waals surface area contributed by atoms with Crippen molar-refractivity contribution in [2.24, 2.45) is 11.1 Å². The molecule has 136 valence electrons. The highest BCUT2D eigenvalue weighted by atomic mass is 19.1. The minimum atomic E-state index is -0.715. The number of nitrogens with zero attached hydrogens (tertiary/aromatic N) is 3. The summed E-state index contributed by atoms with van der Waals surface area (Å²) in [4.78, 5) is 11.8. The molecule has 7 nitrogen and oxygen atoms in total. The highest BCUT2D eigenvalue weighted by Gasteiger charge is 2.42. The standard InChI is InChI=1S/C18H20FN5O2/c1-18(10-20)7-6-13(25)8-15(18)24-9-14(16(21)26)17(23-24)22-12-4-2-11(19)3-5-12/h2-5,9,13,15,25H,6-8H2,1H3,(H2,21,26)(H,22,23). The summed E-state index contributed by atoms with van der Waals surface area (Å²) in [5, 5.41) is 27.0. The normalized spacial score (nSPS) is 25.5. The molecule has 4 N–H and O–H groups in total. The first-order valence-electron chi connectivity index (χ1n) is 8.33. The lowest BCUT2D eigenvalue weighted by Gasteiger charge is -2.38. The maximum absolute atomic E-state index is 13.1. The van der Waals surface area contributed by atoms with Crippen LogP contribution in [-0.2, 0) is 0 Å². The van der Waals surface area contributed by atoms with E-state index < -0.39 is 23.5 Å². The smallest absolute Gasteiger partial charge is 0.254 e. The molecular formula is C18H20FN5O2. The number of amides is 1. The van der Waals surface area contributed by atoms with E-state index in [4.69, 9.17) is 5.73 Å². The van der Waals surface area contributed by atoms with Gasteiger partial charge in [0.1, 0.15) is 11.4 Å². The third kappa shape index (κ3) is 3.39. The Morgan fingerprint density at radius 3 is 2.81 bits per heavy atom. The van der Waals surface area contributed by atoms with Crippen molar-refractivity contribution in [3.63, 3.8) is 0 Å². The third-order valence-electron chi connectivity index (χ3n) is 4.91. The number of rotatable bonds is 4. The number of hydrogen-bond acceptors (Lipinski definition) is 5. The van der Waals surface area contributed by atoms with Crippen molar-refractivity contribution in [3.8, 4) is 6.07 Å². The van der Waals surface area contributed by atoms with Gasteiger partial charge in [-0.25, -0.2) is 4.39 Å². The van der Waals surface area contributed by atoms with Gasteiger partial charge in [-0.1, -0.05) is 0 Å². The molecule has 1 heterocycles. The molecule has 26 heavy (non-hydrogen) atoms. The van der Waals surface area contributed by atoms with Crippen LogP contribution in [0.3, 0.4) is 0 Å². The zero-order valence-electron chi connectivity index (χ0n) is 14.3. The van der Waals surface area contributed by atoms with Gasteiger partial charge in [0.15, 0.2) is 5.82 Å². The number of halogens is 1. The summed E-state index contributed by atoms with van der Waals surface area (Å²) >= 11 is 0. The van der Waals surface area contributed by atoms with Crippen molar-refractivity contribution >= 4 is 17.4 Å². The van der Waals surface area contributed by atoms with Gasteiger partial charge in [-0.3, -0.25) is 9.48 Å². The van der Waals surface area contributed by atoms with Gasteiger partial charge in [0, 0.05) is 11.9 Å². The molecule has 1 fully saturated rings. The zero-order valence-corrected chi connectivity index (χ0v) is 14.3. The first kappa shape index (κ1) is 17.9. The topological polar surface area (TPSA) is 117 Å². The second-order valence-corrected chi connectivity index (χ2v) is 6.84. The Bertz CT molecular complexity index is 857. The Kier molecular flexibility index (Phi) is 4.66. The first-order chi connectivity index (χ1) is 12.3. The highest BCUT2D eigenvalue weighted by molar-refractivity contribution is 5.98. The molecule has 0 spiro atoms. The van der Waals surface area contributed by atoms with Crippen LogP contribution in [0.15, 0.2) is 30.5 Å². The molecule has 3 unspecified atom stereocenters. The molecule has 0 bridgehead atoms. The number of benzene rings is 1. The Hall–Kier alpha value is -2.92. The van der Waals surface area contributed by atoms with Gasteiger partial charge in [0.05, 0.1) is 23.6 Å². The summed E-state index contributed by atoms with van der Waals surface area (Å²) in [7, 11) is 0. The predicted molar refractivity (Wildman–Crippen MR) is 93.0 cm³/mol. The van der Waals surface area contributed by atoms with Crippen LogP contribution in [0.2, 0.25) is 0 Å². The van der Waals surface area contributed by atoms with Crippen LogP contribution in [-0.4, -0.2) is 26.9 Å². The van der Waals surface area contributed by atoms with Crippen molar-refractivity contribution in [1.82, 2.24) is 9.78 Å². The molecule has 1 aliphatic rings. The number of aromatic nitrogens is 2. The molecule has 1 aromatic heterocycles. The van der Waals surface area contributed by atoms with E-state index >= 15 is 0 Å². The van der Waals surface area contributed by atoms with Crippen LogP contribution in [0.4, 0.5) is 15.9 Å². The lowest BCUT2D eigenvalue weighted by molar-refractivity contribution is 0.0470. The number of nitriles is 1. The minimum absolute atomic E-state index is 0.162. The Labute approximate surface area is 150 Å². The first-order valence-corrected chi connectivity index (χ1v) is 8.33. The van der Waals surface area contributed by atoms with E-state index in [1.54, 1.807) is 0 Å². The molecule has 2 aromatic rings. The summed E-state index contributed by atoms with van der Waals surface area (Å²) in [6.07, 6.45) is 2.40. The molecule has 1 saturated carbocycles. The predicted octanol–water partition coefficient (Wildman–Crippen LogP) is 2.48. The summed E-state index contributed by atoms with van der Waals surface area (Å²) in [6.45, 7) is 1.82. The van der Waals surface area contributed by atoms with Crippen molar-refractivity contribution in [1.29, 1.82) is 5.26 Å². The number of carbonyl (C=O) groups is 1. The number of hydrogen-bond donors (Lipinski definition) is 3. The van der Waals surface area contributed by atoms with E-state index in [9.17, 15) is 19.6 Å². The van der Waals surface area contributed by atoms with Crippen molar-refractivity contribution in [3.05, 3.63) is 41.8 Å². The maximum Gasteiger partial charge on any atom is 0.254 e. The molecule has 0 aliphatic heterocycles.